The fourth-order valence-corrected chi connectivity index (χ4v) is 3.71. The zero-order valence-electron chi connectivity index (χ0n) is 17.8. The maximum atomic E-state index is 5.44. The Morgan fingerprint density at radius 3 is 2.79 bits per heavy atom. The molecule has 8 nitrogen and oxygen atoms in total. The Kier molecular flexibility index (Phi) is 7.86. The standard InChI is InChI=1S/C21H33N7O/c1-4-22-21(24-15-20-26-25-16-27(20)5-2)23-14-19(28-11-6-7-12-28)17-9-8-10-18(13-17)29-3/h8-10,13,16,19H,4-7,11-12,14-15H2,1-3H3,(H2,22,23,24). The summed E-state index contributed by atoms with van der Waals surface area (Å²) in [6.45, 7) is 9.32. The van der Waals surface area contributed by atoms with E-state index in [1.54, 1.807) is 13.4 Å². The minimum atomic E-state index is 0.274. The largest absolute Gasteiger partial charge is 0.497 e. The summed E-state index contributed by atoms with van der Waals surface area (Å²) in [5.41, 5.74) is 1.26. The molecule has 0 bridgehead atoms. The van der Waals surface area contributed by atoms with Crippen molar-refractivity contribution in [1.82, 2.24) is 30.3 Å². The van der Waals surface area contributed by atoms with Crippen LogP contribution in [-0.2, 0) is 13.1 Å². The molecule has 2 aromatic rings. The van der Waals surface area contributed by atoms with Crippen molar-refractivity contribution >= 4 is 5.96 Å². The number of aromatic nitrogens is 3. The average molecular weight is 400 g/mol. The number of guanidine groups is 1. The van der Waals surface area contributed by atoms with Gasteiger partial charge in [-0.05, 0) is 57.5 Å². The third-order valence-electron chi connectivity index (χ3n) is 5.28. The first-order chi connectivity index (χ1) is 14.2. The van der Waals surface area contributed by atoms with Gasteiger partial charge in [-0.3, -0.25) is 4.90 Å². The summed E-state index contributed by atoms with van der Waals surface area (Å²) in [5.74, 6) is 2.56. The van der Waals surface area contributed by atoms with Crippen molar-refractivity contribution < 1.29 is 4.74 Å². The van der Waals surface area contributed by atoms with Crippen molar-refractivity contribution in [2.75, 3.05) is 33.3 Å². The Morgan fingerprint density at radius 2 is 2.07 bits per heavy atom. The van der Waals surface area contributed by atoms with E-state index < -0.39 is 0 Å². The van der Waals surface area contributed by atoms with Gasteiger partial charge >= 0.3 is 0 Å². The molecule has 2 heterocycles. The predicted octanol–water partition coefficient (Wildman–Crippen LogP) is 2.20. The number of hydrogen-bond donors (Lipinski definition) is 2. The molecule has 0 amide bonds. The van der Waals surface area contributed by atoms with Crippen LogP contribution >= 0.6 is 0 Å². The molecule has 1 unspecified atom stereocenters. The van der Waals surface area contributed by atoms with Gasteiger partial charge in [-0.2, -0.15) is 0 Å². The smallest absolute Gasteiger partial charge is 0.191 e. The highest BCUT2D eigenvalue weighted by atomic mass is 16.5. The molecule has 29 heavy (non-hydrogen) atoms. The highest BCUT2D eigenvalue weighted by Crippen LogP contribution is 2.27. The van der Waals surface area contributed by atoms with Crippen LogP contribution in [0.15, 0.2) is 35.6 Å². The van der Waals surface area contributed by atoms with Gasteiger partial charge < -0.3 is 19.9 Å². The second-order valence-electron chi connectivity index (χ2n) is 7.14. The zero-order valence-corrected chi connectivity index (χ0v) is 17.8. The molecule has 1 aliphatic rings. The van der Waals surface area contributed by atoms with E-state index >= 15 is 0 Å². The van der Waals surface area contributed by atoms with Crippen LogP contribution in [0.3, 0.4) is 0 Å². The predicted molar refractivity (Wildman–Crippen MR) is 115 cm³/mol. The van der Waals surface area contributed by atoms with E-state index in [1.807, 2.05) is 10.6 Å². The Bertz CT molecular complexity index is 783. The van der Waals surface area contributed by atoms with Crippen LogP contribution in [0.1, 0.15) is 44.1 Å². The highest BCUT2D eigenvalue weighted by molar-refractivity contribution is 5.79. The molecule has 158 valence electrons. The normalized spacial score (nSPS) is 16.0. The summed E-state index contributed by atoms with van der Waals surface area (Å²) in [5, 5.41) is 15.0. The molecule has 0 spiro atoms. The molecule has 2 N–H and O–H groups in total. The molecule has 8 heteroatoms. The zero-order chi connectivity index (χ0) is 20.5. The number of methoxy groups -OCH3 is 1. The summed E-state index contributed by atoms with van der Waals surface area (Å²) in [6, 6.07) is 8.65. The third-order valence-corrected chi connectivity index (χ3v) is 5.28. The molecule has 1 saturated heterocycles. The van der Waals surface area contributed by atoms with Gasteiger partial charge in [0, 0.05) is 19.6 Å². The highest BCUT2D eigenvalue weighted by Gasteiger charge is 2.24. The molecule has 3 rings (SSSR count). The SMILES string of the molecule is CCNC(=NCc1nncn1CC)NCC(c1cccc(OC)c1)N1CCCC1. The minimum Gasteiger partial charge on any atom is -0.497 e. The molecule has 0 radical (unpaired) electrons. The molecular weight excluding hydrogens is 366 g/mol. The molecule has 1 fully saturated rings. The Morgan fingerprint density at radius 1 is 1.24 bits per heavy atom. The summed E-state index contributed by atoms with van der Waals surface area (Å²) in [6.07, 6.45) is 4.25. The van der Waals surface area contributed by atoms with Crippen LogP contribution in [0.2, 0.25) is 0 Å². The molecule has 1 aliphatic heterocycles. The van der Waals surface area contributed by atoms with Gasteiger partial charge in [0.1, 0.15) is 18.6 Å². The van der Waals surface area contributed by atoms with Gasteiger partial charge in [0.05, 0.1) is 13.2 Å². The van der Waals surface area contributed by atoms with Crippen LogP contribution in [0.5, 0.6) is 5.75 Å². The summed E-state index contributed by atoms with van der Waals surface area (Å²) in [4.78, 5) is 7.26. The maximum Gasteiger partial charge on any atom is 0.191 e. The fraction of sp³-hybridized carbons (Fsp3) is 0.571. The number of nitrogens with one attached hydrogen (secondary N) is 2. The maximum absolute atomic E-state index is 5.44. The van der Waals surface area contributed by atoms with Gasteiger partial charge in [0.15, 0.2) is 11.8 Å². The molecule has 1 atom stereocenters. The Balaban J connectivity index is 1.72. The Labute approximate surface area is 173 Å². The quantitative estimate of drug-likeness (QED) is 0.497. The van der Waals surface area contributed by atoms with Crippen LogP contribution in [0, 0.1) is 0 Å². The number of ether oxygens (including phenoxy) is 1. The molecule has 0 saturated carbocycles. The van der Waals surface area contributed by atoms with Gasteiger partial charge in [-0.15, -0.1) is 10.2 Å². The number of hydrogen-bond acceptors (Lipinski definition) is 5. The van der Waals surface area contributed by atoms with Crippen molar-refractivity contribution in [3.63, 3.8) is 0 Å². The van der Waals surface area contributed by atoms with E-state index in [-0.39, 0.29) is 6.04 Å². The summed E-state index contributed by atoms with van der Waals surface area (Å²) in [7, 11) is 1.72. The number of nitrogens with zero attached hydrogens (tertiary/aromatic N) is 5. The number of likely N-dealkylation sites (tertiary alicyclic amines) is 1. The first-order valence-electron chi connectivity index (χ1n) is 10.5. The number of benzene rings is 1. The van der Waals surface area contributed by atoms with E-state index in [0.29, 0.717) is 6.54 Å². The van der Waals surface area contributed by atoms with Gasteiger partial charge in [0.25, 0.3) is 0 Å². The lowest BCUT2D eigenvalue weighted by Crippen LogP contribution is -2.42. The van der Waals surface area contributed by atoms with E-state index in [1.165, 1.54) is 18.4 Å². The van der Waals surface area contributed by atoms with Crippen LogP contribution in [0.25, 0.3) is 0 Å². The van der Waals surface area contributed by atoms with Crippen LogP contribution in [0.4, 0.5) is 0 Å². The van der Waals surface area contributed by atoms with Crippen molar-refractivity contribution in [3.05, 3.63) is 42.0 Å². The van der Waals surface area contributed by atoms with Gasteiger partial charge in [-0.1, -0.05) is 12.1 Å². The first-order valence-corrected chi connectivity index (χ1v) is 10.5. The van der Waals surface area contributed by atoms with Crippen molar-refractivity contribution in [1.29, 1.82) is 0 Å². The topological polar surface area (TPSA) is 79.6 Å². The molecular formula is C21H33N7O. The van der Waals surface area contributed by atoms with E-state index in [0.717, 1.165) is 50.3 Å². The minimum absolute atomic E-state index is 0.274. The summed E-state index contributed by atoms with van der Waals surface area (Å²) < 4.78 is 7.45. The third kappa shape index (κ3) is 5.69. The van der Waals surface area contributed by atoms with E-state index in [9.17, 15) is 0 Å². The lowest BCUT2D eigenvalue weighted by Gasteiger charge is -2.29. The Hall–Kier alpha value is -2.61. The van der Waals surface area contributed by atoms with Crippen molar-refractivity contribution in [2.45, 2.75) is 45.8 Å². The second kappa shape index (κ2) is 10.8. The van der Waals surface area contributed by atoms with E-state index in [4.69, 9.17) is 9.73 Å². The average Bonchev–Trinajstić information content (AvgIpc) is 3.44. The van der Waals surface area contributed by atoms with Gasteiger partial charge in [-0.25, -0.2) is 4.99 Å². The number of rotatable bonds is 9. The lowest BCUT2D eigenvalue weighted by molar-refractivity contribution is 0.245. The first kappa shape index (κ1) is 21.1. The summed E-state index contributed by atoms with van der Waals surface area (Å²) >= 11 is 0. The van der Waals surface area contributed by atoms with Gasteiger partial charge in [0.2, 0.25) is 0 Å². The van der Waals surface area contributed by atoms with Crippen LogP contribution in [-0.4, -0.2) is 58.9 Å². The number of aliphatic imine (C=N–C) groups is 1. The van der Waals surface area contributed by atoms with Crippen LogP contribution < -0.4 is 15.4 Å². The molecule has 1 aromatic carbocycles. The monoisotopic (exact) mass is 399 g/mol. The molecule has 1 aromatic heterocycles. The second-order valence-corrected chi connectivity index (χ2v) is 7.14. The van der Waals surface area contributed by atoms with E-state index in [2.05, 4.69) is 57.8 Å². The van der Waals surface area contributed by atoms with Crippen molar-refractivity contribution in [3.8, 4) is 5.75 Å². The molecule has 0 aliphatic carbocycles. The lowest BCUT2D eigenvalue weighted by atomic mass is 10.1. The van der Waals surface area contributed by atoms with Crippen molar-refractivity contribution in [2.24, 2.45) is 4.99 Å². The fourth-order valence-electron chi connectivity index (χ4n) is 3.71. The number of aryl methyl sites for hydroxylation is 1.